The van der Waals surface area contributed by atoms with Gasteiger partial charge in [0.2, 0.25) is 0 Å². The van der Waals surface area contributed by atoms with Crippen molar-refractivity contribution in [2.75, 3.05) is 0 Å². The van der Waals surface area contributed by atoms with Gasteiger partial charge in [0.05, 0.1) is 25.7 Å². The molecular weight excluding hydrogens is 336 g/mol. The van der Waals surface area contributed by atoms with Crippen molar-refractivity contribution in [2.45, 2.75) is 39.5 Å². The third kappa shape index (κ3) is 128. The van der Waals surface area contributed by atoms with Gasteiger partial charge in [-0.3, -0.25) is 28.8 Å². The van der Waals surface area contributed by atoms with Crippen LogP contribution in [0.5, 0.6) is 0 Å². The second-order valence-electron chi connectivity index (χ2n) is 3.61. The summed E-state index contributed by atoms with van der Waals surface area (Å²) >= 11 is 0. The van der Waals surface area contributed by atoms with Gasteiger partial charge in [0.1, 0.15) is 0 Å². The van der Waals surface area contributed by atoms with Gasteiger partial charge < -0.3 is 30.6 Å². The molecule has 0 amide bonds. The number of aliphatic carboxylic acids is 6. The van der Waals surface area contributed by atoms with Crippen LogP contribution in [0.1, 0.15) is 39.5 Å². The van der Waals surface area contributed by atoms with Crippen molar-refractivity contribution in [3.63, 3.8) is 0 Å². The zero-order valence-corrected chi connectivity index (χ0v) is 13.0. The van der Waals surface area contributed by atoms with E-state index in [9.17, 15) is 19.2 Å². The lowest BCUT2D eigenvalue weighted by Gasteiger charge is -1.85. The minimum absolute atomic E-state index is 0.296. The minimum Gasteiger partial charge on any atom is -0.481 e. The summed E-state index contributed by atoms with van der Waals surface area (Å²) in [5.74, 6) is -5.97. The molecule has 0 aliphatic rings. The number of hydrogen-bond donors (Lipinski definition) is 6. The Kier molecular flexibility index (Phi) is 23.9. The average Bonchev–Trinajstić information content (AvgIpc) is 2.33. The molecule has 12 heteroatoms. The minimum atomic E-state index is -1.08. The molecule has 0 atom stereocenters. The maximum Gasteiger partial charge on any atom is 0.303 e. The molecule has 0 spiro atoms. The first kappa shape index (κ1) is 28.9. The van der Waals surface area contributed by atoms with Gasteiger partial charge >= 0.3 is 23.9 Å². The van der Waals surface area contributed by atoms with Crippen LogP contribution in [0.2, 0.25) is 0 Å². The Morgan fingerprint density at radius 3 is 0.583 bits per heavy atom. The van der Waals surface area contributed by atoms with Gasteiger partial charge in [-0.2, -0.15) is 0 Å². The molecule has 0 bridgehead atoms. The third-order valence-electron chi connectivity index (χ3n) is 1.11. The number of carboxylic acids is 6. The SMILES string of the molecule is CC(=O)O.CC(=O)O.O=C(O)CCC(=O)O.O=C(O)CCC(=O)O. The van der Waals surface area contributed by atoms with Gasteiger partial charge in [0, 0.05) is 13.8 Å². The lowest BCUT2D eigenvalue weighted by atomic mass is 10.3. The molecule has 24 heavy (non-hydrogen) atoms. The van der Waals surface area contributed by atoms with Crippen molar-refractivity contribution in [3.05, 3.63) is 0 Å². The van der Waals surface area contributed by atoms with Crippen LogP contribution in [0, 0.1) is 0 Å². The van der Waals surface area contributed by atoms with Crippen molar-refractivity contribution < 1.29 is 59.4 Å². The molecule has 0 unspecified atom stereocenters. The van der Waals surface area contributed by atoms with E-state index in [0.717, 1.165) is 13.8 Å². The van der Waals surface area contributed by atoms with Crippen LogP contribution in [0.3, 0.4) is 0 Å². The molecule has 0 fully saturated rings. The van der Waals surface area contributed by atoms with Gasteiger partial charge in [-0.25, -0.2) is 0 Å². The predicted octanol–water partition coefficient (Wildman–Crippen LogP) is 0.0534. The Labute approximate surface area is 136 Å². The fraction of sp³-hybridized carbons (Fsp3) is 0.500. The van der Waals surface area contributed by atoms with Crippen molar-refractivity contribution in [2.24, 2.45) is 0 Å². The molecule has 0 radical (unpaired) electrons. The Balaban J connectivity index is -0.000000117. The molecule has 6 N–H and O–H groups in total. The third-order valence-corrected chi connectivity index (χ3v) is 1.11. The molecule has 140 valence electrons. The van der Waals surface area contributed by atoms with Crippen LogP contribution in [-0.2, 0) is 28.8 Å². The number of hydrogen-bond acceptors (Lipinski definition) is 6. The highest BCUT2D eigenvalue weighted by Crippen LogP contribution is 1.86. The van der Waals surface area contributed by atoms with E-state index < -0.39 is 35.8 Å². The number of rotatable bonds is 6. The van der Waals surface area contributed by atoms with E-state index in [2.05, 4.69) is 0 Å². The Morgan fingerprint density at radius 2 is 0.542 bits per heavy atom. The van der Waals surface area contributed by atoms with E-state index >= 15 is 0 Å². The molecule has 0 aliphatic carbocycles. The summed E-state index contributed by atoms with van der Waals surface area (Å²) in [6.45, 7) is 2.17. The molecule has 0 saturated heterocycles. The van der Waals surface area contributed by atoms with Crippen LogP contribution in [0.25, 0.3) is 0 Å². The van der Waals surface area contributed by atoms with Gasteiger partial charge in [-0.05, 0) is 0 Å². The first-order valence-corrected chi connectivity index (χ1v) is 5.98. The summed E-state index contributed by atoms with van der Waals surface area (Å²) in [7, 11) is 0. The van der Waals surface area contributed by atoms with Crippen LogP contribution in [0.15, 0.2) is 0 Å². The molecule has 0 aromatic heterocycles. The van der Waals surface area contributed by atoms with Crippen LogP contribution in [-0.4, -0.2) is 66.5 Å². The summed E-state index contributed by atoms with van der Waals surface area (Å²) in [6, 6.07) is 0. The second kappa shape index (κ2) is 19.8. The van der Waals surface area contributed by atoms with E-state index in [4.69, 9.17) is 40.2 Å². The zero-order valence-electron chi connectivity index (χ0n) is 13.0. The van der Waals surface area contributed by atoms with Crippen LogP contribution in [0.4, 0.5) is 0 Å². The Hall–Kier alpha value is -3.18. The van der Waals surface area contributed by atoms with E-state index in [1.807, 2.05) is 0 Å². The van der Waals surface area contributed by atoms with E-state index in [0.29, 0.717) is 0 Å². The second-order valence-corrected chi connectivity index (χ2v) is 3.61. The highest BCUT2D eigenvalue weighted by atomic mass is 16.4. The normalized spacial score (nSPS) is 7.75. The first-order chi connectivity index (χ1) is 10.7. The first-order valence-electron chi connectivity index (χ1n) is 5.98. The Bertz CT molecular complexity index is 350. The summed E-state index contributed by atoms with van der Waals surface area (Å²) in [5.41, 5.74) is 0. The molecule has 0 rings (SSSR count). The molecule has 0 heterocycles. The maximum atomic E-state index is 9.64. The predicted molar refractivity (Wildman–Crippen MR) is 75.6 cm³/mol. The largest absolute Gasteiger partial charge is 0.481 e. The van der Waals surface area contributed by atoms with Gasteiger partial charge in [-0.1, -0.05) is 0 Å². The molecule has 12 nitrogen and oxygen atoms in total. The molecule has 0 aliphatic heterocycles. The highest BCUT2D eigenvalue weighted by Gasteiger charge is 2.01. The van der Waals surface area contributed by atoms with E-state index in [1.54, 1.807) is 0 Å². The van der Waals surface area contributed by atoms with Crippen molar-refractivity contribution >= 4 is 35.8 Å². The fourth-order valence-corrected chi connectivity index (χ4v) is 0.428. The van der Waals surface area contributed by atoms with Gasteiger partial charge in [0.25, 0.3) is 11.9 Å². The number of carbonyl (C=O) groups is 6. The molecular formula is C12H20O12. The van der Waals surface area contributed by atoms with E-state index in [1.165, 1.54) is 0 Å². The lowest BCUT2D eigenvalue weighted by Crippen LogP contribution is -2.00. The quantitative estimate of drug-likeness (QED) is 0.371. The zero-order chi connectivity index (χ0) is 20.3. The van der Waals surface area contributed by atoms with Crippen molar-refractivity contribution in [3.8, 4) is 0 Å². The highest BCUT2D eigenvalue weighted by molar-refractivity contribution is 5.75. The van der Waals surface area contributed by atoms with Gasteiger partial charge in [-0.15, -0.1) is 0 Å². The van der Waals surface area contributed by atoms with E-state index in [-0.39, 0.29) is 25.7 Å². The standard InChI is InChI=1S/2C4H6O4.2C2H4O2/c2*5-3(6)1-2-4(7)8;2*1-2(3)4/h2*1-2H2,(H,5,6)(H,7,8);2*1H3,(H,3,4). The lowest BCUT2D eigenvalue weighted by molar-refractivity contribution is -0.143. The number of carboxylic acid groups (broad SMARTS) is 6. The summed E-state index contributed by atoms with van der Waals surface area (Å²) in [5, 5.41) is 46.4. The summed E-state index contributed by atoms with van der Waals surface area (Å²) in [6.07, 6.45) is -1.19. The smallest absolute Gasteiger partial charge is 0.303 e. The Morgan fingerprint density at radius 1 is 0.458 bits per heavy atom. The average molecular weight is 356 g/mol. The fourth-order valence-electron chi connectivity index (χ4n) is 0.428. The summed E-state index contributed by atoms with van der Waals surface area (Å²) < 4.78 is 0. The molecule has 0 aromatic rings. The van der Waals surface area contributed by atoms with Crippen LogP contribution >= 0.6 is 0 Å². The molecule has 0 saturated carbocycles. The summed E-state index contributed by atoms with van der Waals surface area (Å²) in [4.78, 5) is 56.6. The molecule has 0 aromatic carbocycles. The van der Waals surface area contributed by atoms with Crippen LogP contribution < -0.4 is 0 Å². The van der Waals surface area contributed by atoms with Crippen molar-refractivity contribution in [1.82, 2.24) is 0 Å². The topological polar surface area (TPSA) is 224 Å². The van der Waals surface area contributed by atoms with Crippen molar-refractivity contribution in [1.29, 1.82) is 0 Å². The maximum absolute atomic E-state index is 9.64. The van der Waals surface area contributed by atoms with Gasteiger partial charge in [0.15, 0.2) is 0 Å². The monoisotopic (exact) mass is 356 g/mol.